The van der Waals surface area contributed by atoms with Gasteiger partial charge < -0.3 is 15.4 Å². The van der Waals surface area contributed by atoms with E-state index in [4.69, 9.17) is 4.74 Å². The molecule has 0 spiro atoms. The molecule has 2 rings (SSSR count). The van der Waals surface area contributed by atoms with Crippen molar-refractivity contribution in [2.75, 3.05) is 30.9 Å². The largest absolute Gasteiger partial charge is 0.384 e. The molecular formula is C14H20N2O2. The fourth-order valence-corrected chi connectivity index (χ4v) is 2.25. The number of anilines is 2. The van der Waals surface area contributed by atoms with Gasteiger partial charge in [-0.3, -0.25) is 4.79 Å². The molecule has 1 aliphatic heterocycles. The van der Waals surface area contributed by atoms with Gasteiger partial charge in [0.1, 0.15) is 0 Å². The molecule has 0 aliphatic carbocycles. The lowest BCUT2D eigenvalue weighted by molar-refractivity contribution is -0.117. The van der Waals surface area contributed by atoms with Crippen LogP contribution in [0.3, 0.4) is 0 Å². The average molecular weight is 248 g/mol. The third-order valence-electron chi connectivity index (χ3n) is 3.08. The van der Waals surface area contributed by atoms with Crippen LogP contribution in [-0.4, -0.2) is 26.2 Å². The fourth-order valence-electron chi connectivity index (χ4n) is 2.25. The SMILES string of the molecule is COCC(C)CC(=O)Nc1ccc2c(c1)CCN2. The number of benzene rings is 1. The topological polar surface area (TPSA) is 50.4 Å². The summed E-state index contributed by atoms with van der Waals surface area (Å²) in [5.41, 5.74) is 3.34. The predicted molar refractivity (Wildman–Crippen MR) is 72.9 cm³/mol. The maximum absolute atomic E-state index is 11.8. The molecule has 1 heterocycles. The zero-order valence-electron chi connectivity index (χ0n) is 11.0. The average Bonchev–Trinajstić information content (AvgIpc) is 2.76. The Kier molecular flexibility index (Phi) is 4.20. The van der Waals surface area contributed by atoms with Crippen LogP contribution in [0.5, 0.6) is 0 Å². The summed E-state index contributed by atoms with van der Waals surface area (Å²) in [6, 6.07) is 6.01. The minimum Gasteiger partial charge on any atom is -0.384 e. The number of carbonyl (C=O) groups is 1. The molecule has 18 heavy (non-hydrogen) atoms. The van der Waals surface area contributed by atoms with Gasteiger partial charge in [-0.05, 0) is 36.1 Å². The summed E-state index contributed by atoms with van der Waals surface area (Å²) in [7, 11) is 1.65. The molecule has 0 saturated heterocycles. The van der Waals surface area contributed by atoms with Crippen molar-refractivity contribution in [3.05, 3.63) is 23.8 Å². The molecule has 2 N–H and O–H groups in total. The van der Waals surface area contributed by atoms with E-state index in [0.717, 1.165) is 18.7 Å². The van der Waals surface area contributed by atoms with Gasteiger partial charge in [0.2, 0.25) is 5.91 Å². The summed E-state index contributed by atoms with van der Waals surface area (Å²) in [4.78, 5) is 11.8. The first-order valence-corrected chi connectivity index (χ1v) is 6.34. The van der Waals surface area contributed by atoms with Gasteiger partial charge in [0.25, 0.3) is 0 Å². The van der Waals surface area contributed by atoms with Crippen LogP contribution in [0.4, 0.5) is 11.4 Å². The molecule has 1 aromatic carbocycles. The van der Waals surface area contributed by atoms with Crippen LogP contribution in [0.1, 0.15) is 18.9 Å². The van der Waals surface area contributed by atoms with Crippen LogP contribution in [0.15, 0.2) is 18.2 Å². The Labute approximate surface area is 108 Å². The van der Waals surface area contributed by atoms with Crippen LogP contribution in [0, 0.1) is 5.92 Å². The summed E-state index contributed by atoms with van der Waals surface area (Å²) in [6.07, 6.45) is 1.52. The minimum absolute atomic E-state index is 0.0467. The van der Waals surface area contributed by atoms with Crippen molar-refractivity contribution in [2.45, 2.75) is 19.8 Å². The monoisotopic (exact) mass is 248 g/mol. The van der Waals surface area contributed by atoms with Gasteiger partial charge in [-0.1, -0.05) is 6.92 Å². The molecule has 0 radical (unpaired) electrons. The number of rotatable bonds is 5. The van der Waals surface area contributed by atoms with Crippen molar-refractivity contribution in [2.24, 2.45) is 5.92 Å². The highest BCUT2D eigenvalue weighted by Crippen LogP contribution is 2.25. The van der Waals surface area contributed by atoms with Crippen LogP contribution in [-0.2, 0) is 16.0 Å². The molecule has 0 fully saturated rings. The van der Waals surface area contributed by atoms with Gasteiger partial charge in [-0.15, -0.1) is 0 Å². The molecule has 0 saturated carbocycles. The van der Waals surface area contributed by atoms with Gasteiger partial charge in [-0.2, -0.15) is 0 Å². The Hall–Kier alpha value is -1.55. The molecule has 1 aliphatic rings. The standard InChI is InChI=1S/C14H20N2O2/c1-10(9-18-2)7-14(17)16-12-3-4-13-11(8-12)5-6-15-13/h3-4,8,10,15H,5-7,9H2,1-2H3,(H,16,17). The van der Waals surface area contributed by atoms with E-state index in [1.807, 2.05) is 25.1 Å². The molecule has 4 heteroatoms. The fraction of sp³-hybridized carbons (Fsp3) is 0.500. The number of nitrogens with one attached hydrogen (secondary N) is 2. The molecule has 1 unspecified atom stereocenters. The third kappa shape index (κ3) is 3.23. The smallest absolute Gasteiger partial charge is 0.224 e. The molecule has 0 aromatic heterocycles. The van der Waals surface area contributed by atoms with Gasteiger partial charge >= 0.3 is 0 Å². The molecule has 1 amide bonds. The highest BCUT2D eigenvalue weighted by molar-refractivity contribution is 5.91. The Balaban J connectivity index is 1.91. The van der Waals surface area contributed by atoms with E-state index >= 15 is 0 Å². The van der Waals surface area contributed by atoms with Crippen LogP contribution in [0.2, 0.25) is 0 Å². The van der Waals surface area contributed by atoms with E-state index in [1.165, 1.54) is 11.3 Å². The van der Waals surface area contributed by atoms with E-state index in [-0.39, 0.29) is 11.8 Å². The lowest BCUT2D eigenvalue weighted by atomic mass is 10.1. The van der Waals surface area contributed by atoms with Crippen molar-refractivity contribution in [1.82, 2.24) is 0 Å². The van der Waals surface area contributed by atoms with Crippen molar-refractivity contribution in [3.63, 3.8) is 0 Å². The lowest BCUT2D eigenvalue weighted by Gasteiger charge is -2.11. The van der Waals surface area contributed by atoms with Crippen molar-refractivity contribution in [3.8, 4) is 0 Å². The number of fused-ring (bicyclic) bond motifs is 1. The zero-order valence-corrected chi connectivity index (χ0v) is 11.0. The van der Waals surface area contributed by atoms with Crippen LogP contribution >= 0.6 is 0 Å². The summed E-state index contributed by atoms with van der Waals surface area (Å²) in [6.45, 7) is 3.61. The maximum atomic E-state index is 11.8. The number of hydrogen-bond acceptors (Lipinski definition) is 3. The molecule has 98 valence electrons. The van der Waals surface area contributed by atoms with Crippen LogP contribution < -0.4 is 10.6 Å². The second-order valence-electron chi connectivity index (χ2n) is 4.86. The van der Waals surface area contributed by atoms with E-state index in [2.05, 4.69) is 10.6 Å². The predicted octanol–water partition coefficient (Wildman–Crippen LogP) is 2.27. The third-order valence-corrected chi connectivity index (χ3v) is 3.08. The first-order valence-electron chi connectivity index (χ1n) is 6.34. The van der Waals surface area contributed by atoms with Gasteiger partial charge in [0, 0.05) is 38.1 Å². The molecular weight excluding hydrogens is 228 g/mol. The van der Waals surface area contributed by atoms with Gasteiger partial charge in [0.05, 0.1) is 0 Å². The molecule has 1 aromatic rings. The van der Waals surface area contributed by atoms with Gasteiger partial charge in [0.15, 0.2) is 0 Å². The quantitative estimate of drug-likeness (QED) is 0.840. The normalized spacial score (nSPS) is 14.8. The number of carbonyl (C=O) groups excluding carboxylic acids is 1. The summed E-state index contributed by atoms with van der Waals surface area (Å²) < 4.78 is 5.03. The number of amides is 1. The van der Waals surface area contributed by atoms with Crippen molar-refractivity contribution in [1.29, 1.82) is 0 Å². The lowest BCUT2D eigenvalue weighted by Crippen LogP contribution is -2.17. The van der Waals surface area contributed by atoms with E-state index in [1.54, 1.807) is 7.11 Å². The van der Waals surface area contributed by atoms with E-state index < -0.39 is 0 Å². The summed E-state index contributed by atoms with van der Waals surface area (Å²) in [5, 5.41) is 6.24. The number of hydrogen-bond donors (Lipinski definition) is 2. The first kappa shape index (κ1) is 12.9. The second-order valence-corrected chi connectivity index (χ2v) is 4.86. The number of methoxy groups -OCH3 is 1. The first-order chi connectivity index (χ1) is 8.69. The Bertz CT molecular complexity index is 432. The highest BCUT2D eigenvalue weighted by Gasteiger charge is 2.12. The number of ether oxygens (including phenoxy) is 1. The Morgan fingerprint density at radius 3 is 3.17 bits per heavy atom. The maximum Gasteiger partial charge on any atom is 0.224 e. The van der Waals surface area contributed by atoms with Crippen LogP contribution in [0.25, 0.3) is 0 Å². The van der Waals surface area contributed by atoms with Gasteiger partial charge in [-0.25, -0.2) is 0 Å². The molecule has 1 atom stereocenters. The van der Waals surface area contributed by atoms with E-state index in [9.17, 15) is 4.79 Å². The summed E-state index contributed by atoms with van der Waals surface area (Å²) >= 11 is 0. The Morgan fingerprint density at radius 1 is 1.56 bits per heavy atom. The van der Waals surface area contributed by atoms with Crippen molar-refractivity contribution < 1.29 is 9.53 Å². The van der Waals surface area contributed by atoms with E-state index in [0.29, 0.717) is 13.0 Å². The minimum atomic E-state index is 0.0467. The second kappa shape index (κ2) is 5.87. The summed E-state index contributed by atoms with van der Waals surface area (Å²) in [5.74, 6) is 0.288. The molecule has 4 nitrogen and oxygen atoms in total. The Morgan fingerprint density at radius 2 is 2.39 bits per heavy atom. The molecule has 0 bridgehead atoms. The zero-order chi connectivity index (χ0) is 13.0. The highest BCUT2D eigenvalue weighted by atomic mass is 16.5. The van der Waals surface area contributed by atoms with Crippen molar-refractivity contribution >= 4 is 17.3 Å².